The molecular formula is C20H21FN4O3S. The molecule has 2 bridgehead atoms. The maximum atomic E-state index is 13.9. The van der Waals surface area contributed by atoms with E-state index in [1.165, 1.54) is 36.4 Å². The number of amides is 1. The molecule has 2 aromatic rings. The molecule has 1 aromatic heterocycles. The average Bonchev–Trinajstić information content (AvgIpc) is 2.68. The highest BCUT2D eigenvalue weighted by molar-refractivity contribution is 7.81. The zero-order valence-electron chi connectivity index (χ0n) is 16.2. The van der Waals surface area contributed by atoms with Gasteiger partial charge in [0.2, 0.25) is 0 Å². The van der Waals surface area contributed by atoms with E-state index < -0.39 is 11.9 Å². The smallest absolute Gasteiger partial charge is 0.254 e. The minimum absolute atomic E-state index is 0.0728. The van der Waals surface area contributed by atoms with Crippen molar-refractivity contribution in [2.24, 2.45) is 5.73 Å². The van der Waals surface area contributed by atoms with E-state index >= 15 is 0 Å². The Balaban J connectivity index is 2.25. The number of nitrogens with two attached hydrogens (primary N) is 2. The minimum atomic E-state index is -0.670. The number of rotatable bonds is 1. The quantitative estimate of drug-likeness (QED) is 0.689. The Labute approximate surface area is 173 Å². The van der Waals surface area contributed by atoms with Gasteiger partial charge in [-0.3, -0.25) is 4.79 Å². The van der Waals surface area contributed by atoms with Gasteiger partial charge in [-0.15, -0.1) is 0 Å². The lowest BCUT2D eigenvalue weighted by Crippen LogP contribution is -2.33. The second-order valence-electron chi connectivity index (χ2n) is 6.65. The van der Waals surface area contributed by atoms with Crippen LogP contribution in [0.1, 0.15) is 34.5 Å². The van der Waals surface area contributed by atoms with E-state index in [-0.39, 0.29) is 29.1 Å². The van der Waals surface area contributed by atoms with Gasteiger partial charge in [-0.05, 0) is 43.4 Å². The molecule has 4 N–H and O–H groups in total. The number of hydrogen-bond acceptors (Lipinski definition) is 7. The number of anilines is 1. The highest BCUT2D eigenvalue weighted by atomic mass is 32.1. The van der Waals surface area contributed by atoms with Gasteiger partial charge in [0.05, 0.1) is 19.2 Å². The number of ether oxygens (including phenoxy) is 2. The second-order valence-corrected chi connectivity index (χ2v) is 7.02. The number of fused-ring (bicyclic) bond motifs is 3. The lowest BCUT2D eigenvalue weighted by Gasteiger charge is -2.25. The van der Waals surface area contributed by atoms with Gasteiger partial charge in [-0.2, -0.15) is 0 Å². The molecule has 0 saturated carbocycles. The van der Waals surface area contributed by atoms with Crippen molar-refractivity contribution in [1.82, 2.24) is 9.88 Å². The number of likely N-dealkylation sites (N-methyl/N-ethyl adjacent to an activating group) is 1. The van der Waals surface area contributed by atoms with Crippen LogP contribution in [0.2, 0.25) is 0 Å². The number of nitrogens with zero attached hydrogens (tertiary/aromatic N) is 2. The van der Waals surface area contributed by atoms with Crippen LogP contribution < -0.4 is 16.2 Å². The zero-order valence-corrected chi connectivity index (χ0v) is 17.0. The maximum Gasteiger partial charge on any atom is 0.254 e. The van der Waals surface area contributed by atoms with Crippen LogP contribution in [-0.2, 0) is 4.74 Å². The van der Waals surface area contributed by atoms with Gasteiger partial charge in [-0.25, -0.2) is 9.37 Å². The average molecular weight is 416 g/mol. The van der Waals surface area contributed by atoms with Crippen molar-refractivity contribution < 1.29 is 18.7 Å². The lowest BCUT2D eigenvalue weighted by molar-refractivity contribution is 0.0801. The first-order chi connectivity index (χ1) is 13.7. The third kappa shape index (κ3) is 4.00. The van der Waals surface area contributed by atoms with Crippen LogP contribution in [0.15, 0.2) is 36.2 Å². The predicted molar refractivity (Wildman–Crippen MR) is 112 cm³/mol. The molecule has 1 aliphatic rings. The number of benzene rings is 1. The first-order valence-corrected chi connectivity index (χ1v) is 9.18. The van der Waals surface area contributed by atoms with Crippen LogP contribution in [0.3, 0.4) is 0 Å². The monoisotopic (exact) mass is 416 g/mol. The summed E-state index contributed by atoms with van der Waals surface area (Å²) < 4.78 is 25.1. The number of methoxy groups -OCH3 is 1. The summed E-state index contributed by atoms with van der Waals surface area (Å²) in [7, 11) is 3.03. The molecule has 0 fully saturated rings. The molecule has 1 amide bonds. The summed E-state index contributed by atoms with van der Waals surface area (Å²) in [5.74, 6) is -0.416. The standard InChI is InChI=1S/C20H21FN4O3S/c1-10-14-7-12(21)4-5-13(14)19(26)25(2)9-15(22)17(20(29)27-3)11-6-16(28-10)18(23)24-8-11/h4-8,10H,9,22H2,1-3H3,(H2,23,24)/b17-15-. The van der Waals surface area contributed by atoms with Crippen molar-refractivity contribution in [1.29, 1.82) is 0 Å². The summed E-state index contributed by atoms with van der Waals surface area (Å²) in [4.78, 5) is 18.6. The van der Waals surface area contributed by atoms with Crippen LogP contribution >= 0.6 is 12.2 Å². The SMILES string of the molecule is COC(=S)/C1=C(\N)CN(C)C(=O)c2ccc(F)cc2C(C)Oc2cc1cnc2N. The van der Waals surface area contributed by atoms with Gasteiger partial charge in [0, 0.05) is 35.6 Å². The number of aromatic nitrogens is 1. The van der Waals surface area contributed by atoms with Gasteiger partial charge in [-0.1, -0.05) is 0 Å². The van der Waals surface area contributed by atoms with E-state index in [0.29, 0.717) is 28.0 Å². The van der Waals surface area contributed by atoms with Crippen LogP contribution in [-0.4, -0.2) is 41.5 Å². The zero-order chi connectivity index (χ0) is 21.3. The number of halogens is 1. The van der Waals surface area contributed by atoms with Crippen molar-refractivity contribution in [2.75, 3.05) is 26.4 Å². The number of thiocarbonyl (C=S) groups is 1. The fourth-order valence-electron chi connectivity index (χ4n) is 3.15. The van der Waals surface area contributed by atoms with Gasteiger partial charge in [0.15, 0.2) is 16.6 Å². The molecule has 2 heterocycles. The minimum Gasteiger partial charge on any atom is -0.486 e. The third-order valence-corrected chi connectivity index (χ3v) is 4.99. The summed E-state index contributed by atoms with van der Waals surface area (Å²) in [5.41, 5.74) is 14.2. The van der Waals surface area contributed by atoms with Gasteiger partial charge in [0.25, 0.3) is 5.91 Å². The van der Waals surface area contributed by atoms with Crippen molar-refractivity contribution in [3.8, 4) is 5.75 Å². The summed E-state index contributed by atoms with van der Waals surface area (Å²) in [6.07, 6.45) is 0.831. The Morgan fingerprint density at radius 3 is 2.79 bits per heavy atom. The molecule has 1 aliphatic heterocycles. The maximum absolute atomic E-state index is 13.9. The molecule has 0 saturated heterocycles. The van der Waals surface area contributed by atoms with Crippen molar-refractivity contribution in [2.45, 2.75) is 13.0 Å². The topological polar surface area (TPSA) is 104 Å². The third-order valence-electron chi connectivity index (χ3n) is 4.62. The molecule has 0 aliphatic carbocycles. The normalized spacial score (nSPS) is 19.5. The molecule has 1 aromatic carbocycles. The fourth-order valence-corrected chi connectivity index (χ4v) is 3.40. The Morgan fingerprint density at radius 2 is 2.10 bits per heavy atom. The fraction of sp³-hybridized carbons (Fsp3) is 0.250. The second kappa shape index (κ2) is 8.04. The Morgan fingerprint density at radius 1 is 1.38 bits per heavy atom. The molecular weight excluding hydrogens is 395 g/mol. The van der Waals surface area contributed by atoms with Crippen molar-refractivity contribution >= 4 is 34.6 Å². The predicted octanol–water partition coefficient (Wildman–Crippen LogP) is 2.67. The molecule has 0 spiro atoms. The number of pyridine rings is 1. The van der Waals surface area contributed by atoms with Crippen LogP contribution in [0.5, 0.6) is 5.75 Å². The Bertz CT molecular complexity index is 1020. The number of nitrogen functional groups attached to an aromatic ring is 1. The summed E-state index contributed by atoms with van der Waals surface area (Å²) >= 11 is 5.30. The first kappa shape index (κ1) is 20.5. The highest BCUT2D eigenvalue weighted by Gasteiger charge is 2.25. The summed E-state index contributed by atoms with van der Waals surface area (Å²) in [6, 6.07) is 5.57. The first-order valence-electron chi connectivity index (χ1n) is 8.77. The number of carbonyl (C=O) groups is 1. The molecule has 1 atom stereocenters. The van der Waals surface area contributed by atoms with Crippen LogP contribution in [0.25, 0.3) is 5.57 Å². The van der Waals surface area contributed by atoms with E-state index in [9.17, 15) is 9.18 Å². The van der Waals surface area contributed by atoms with E-state index in [0.717, 1.165) is 0 Å². The van der Waals surface area contributed by atoms with Crippen LogP contribution in [0.4, 0.5) is 10.2 Å². The van der Waals surface area contributed by atoms with Gasteiger partial charge < -0.3 is 25.8 Å². The van der Waals surface area contributed by atoms with E-state index in [1.807, 2.05) is 0 Å². The molecule has 29 heavy (non-hydrogen) atoms. The van der Waals surface area contributed by atoms with Crippen molar-refractivity contribution in [3.63, 3.8) is 0 Å². The molecule has 3 rings (SSSR count). The Hall–Kier alpha value is -3.20. The number of carbonyl (C=O) groups excluding carboxylic acids is 1. The molecule has 152 valence electrons. The molecule has 9 heteroatoms. The van der Waals surface area contributed by atoms with E-state index in [2.05, 4.69) is 4.98 Å². The number of hydrogen-bond donors (Lipinski definition) is 2. The summed E-state index contributed by atoms with van der Waals surface area (Å²) in [6.45, 7) is 1.78. The largest absolute Gasteiger partial charge is 0.486 e. The van der Waals surface area contributed by atoms with Gasteiger partial charge in [0.1, 0.15) is 11.9 Å². The van der Waals surface area contributed by atoms with Crippen LogP contribution in [0, 0.1) is 5.82 Å². The van der Waals surface area contributed by atoms with Gasteiger partial charge >= 0.3 is 0 Å². The lowest BCUT2D eigenvalue weighted by atomic mass is 10.0. The molecule has 7 nitrogen and oxygen atoms in total. The van der Waals surface area contributed by atoms with E-state index in [4.69, 9.17) is 33.2 Å². The summed E-state index contributed by atoms with van der Waals surface area (Å²) in [5, 5.41) is 0.147. The Kier molecular flexibility index (Phi) is 5.69. The van der Waals surface area contributed by atoms with Crippen molar-refractivity contribution in [3.05, 3.63) is 58.7 Å². The molecule has 0 radical (unpaired) electrons. The molecule has 1 unspecified atom stereocenters. The van der Waals surface area contributed by atoms with E-state index in [1.54, 1.807) is 20.0 Å². The highest BCUT2D eigenvalue weighted by Crippen LogP contribution is 2.32.